The molecule has 4 rings (SSSR count). The van der Waals surface area contributed by atoms with Crippen LogP contribution in [0.2, 0.25) is 0 Å². The Morgan fingerprint density at radius 1 is 1.29 bits per heavy atom. The highest BCUT2D eigenvalue weighted by Gasteiger charge is 2.36. The number of hydrogen-bond donors (Lipinski definition) is 3. The summed E-state index contributed by atoms with van der Waals surface area (Å²) in [6.07, 6.45) is 0.823. The molecule has 0 spiro atoms. The van der Waals surface area contributed by atoms with Crippen molar-refractivity contribution in [2.24, 2.45) is 5.92 Å². The van der Waals surface area contributed by atoms with E-state index in [0.29, 0.717) is 0 Å². The number of ether oxygens (including phenoxy) is 1. The SMILES string of the molecule is COc1ccc(C(c2cc(C)on2)C2CNCCC2NC(=O)Nc2cc(C)ns2)cc1. The molecule has 1 aliphatic rings. The van der Waals surface area contributed by atoms with Crippen molar-refractivity contribution in [2.45, 2.75) is 32.2 Å². The van der Waals surface area contributed by atoms with Crippen LogP contribution in [0.5, 0.6) is 5.75 Å². The van der Waals surface area contributed by atoms with E-state index >= 15 is 0 Å². The monoisotopic (exact) mass is 441 g/mol. The van der Waals surface area contributed by atoms with Gasteiger partial charge in [-0.3, -0.25) is 5.32 Å². The quantitative estimate of drug-likeness (QED) is 0.539. The predicted octanol–water partition coefficient (Wildman–Crippen LogP) is 3.69. The number of nitrogens with zero attached hydrogens (tertiary/aromatic N) is 2. The van der Waals surface area contributed by atoms with Gasteiger partial charge in [-0.1, -0.05) is 17.3 Å². The first-order chi connectivity index (χ1) is 15.0. The molecule has 1 fully saturated rings. The van der Waals surface area contributed by atoms with E-state index in [0.717, 1.165) is 53.0 Å². The lowest BCUT2D eigenvalue weighted by molar-refractivity contribution is 0.224. The first-order valence-corrected chi connectivity index (χ1v) is 11.1. The van der Waals surface area contributed by atoms with Gasteiger partial charge in [-0.2, -0.15) is 4.37 Å². The second-order valence-electron chi connectivity index (χ2n) is 7.81. The lowest BCUT2D eigenvalue weighted by Gasteiger charge is -2.37. The minimum absolute atomic E-state index is 0.0284. The fraction of sp³-hybridized carbons (Fsp3) is 0.409. The number of hydrogen-bond acceptors (Lipinski definition) is 7. The van der Waals surface area contributed by atoms with Crippen LogP contribution in [-0.4, -0.2) is 41.8 Å². The van der Waals surface area contributed by atoms with Crippen LogP contribution >= 0.6 is 11.5 Å². The van der Waals surface area contributed by atoms with Crippen molar-refractivity contribution in [2.75, 3.05) is 25.5 Å². The van der Waals surface area contributed by atoms with Gasteiger partial charge in [-0.05, 0) is 62.1 Å². The number of carbonyl (C=O) groups excluding carboxylic acids is 1. The molecule has 0 saturated carbocycles. The molecule has 1 saturated heterocycles. The second-order valence-corrected chi connectivity index (χ2v) is 8.61. The summed E-state index contributed by atoms with van der Waals surface area (Å²) in [4.78, 5) is 12.7. The van der Waals surface area contributed by atoms with Gasteiger partial charge in [0.1, 0.15) is 16.5 Å². The smallest absolute Gasteiger partial charge is 0.320 e. The zero-order valence-corrected chi connectivity index (χ0v) is 18.7. The highest BCUT2D eigenvalue weighted by molar-refractivity contribution is 7.10. The third kappa shape index (κ3) is 5.05. The average molecular weight is 442 g/mol. The summed E-state index contributed by atoms with van der Waals surface area (Å²) >= 11 is 1.28. The highest BCUT2D eigenvalue weighted by atomic mass is 32.1. The molecule has 31 heavy (non-hydrogen) atoms. The van der Waals surface area contributed by atoms with E-state index in [1.165, 1.54) is 11.5 Å². The van der Waals surface area contributed by atoms with Crippen LogP contribution in [0.15, 0.2) is 40.9 Å². The molecule has 0 aliphatic carbocycles. The van der Waals surface area contributed by atoms with Crippen LogP contribution in [0.3, 0.4) is 0 Å². The molecule has 3 atom stereocenters. The fourth-order valence-electron chi connectivity index (χ4n) is 4.13. The molecule has 3 unspecified atom stereocenters. The standard InChI is InChI=1S/C22H27N5O3S/c1-13-10-20(31-27-13)25-22(28)24-18-8-9-23-12-17(18)21(19-11-14(2)30-26-19)15-4-6-16(29-3)7-5-15/h4-7,10-11,17-18,21,23H,8-9,12H2,1-3H3,(H2,24,25,28). The number of benzene rings is 1. The minimum atomic E-state index is -0.217. The van der Waals surface area contributed by atoms with Crippen LogP contribution in [0.1, 0.15) is 35.1 Å². The molecule has 3 N–H and O–H groups in total. The maximum atomic E-state index is 12.7. The average Bonchev–Trinajstić information content (AvgIpc) is 3.37. The number of anilines is 1. The number of nitrogens with one attached hydrogen (secondary N) is 3. The van der Waals surface area contributed by atoms with Crippen LogP contribution in [0, 0.1) is 19.8 Å². The Labute approximate surface area is 185 Å². The number of urea groups is 1. The van der Waals surface area contributed by atoms with Crippen LogP contribution < -0.4 is 20.7 Å². The molecular weight excluding hydrogens is 414 g/mol. The Hall–Kier alpha value is -2.91. The van der Waals surface area contributed by atoms with Gasteiger partial charge in [0.05, 0.1) is 18.5 Å². The molecule has 9 heteroatoms. The van der Waals surface area contributed by atoms with Gasteiger partial charge in [-0.25, -0.2) is 4.79 Å². The zero-order valence-electron chi connectivity index (χ0n) is 17.8. The molecule has 2 aromatic heterocycles. The van der Waals surface area contributed by atoms with Crippen molar-refractivity contribution in [3.63, 3.8) is 0 Å². The van der Waals surface area contributed by atoms with Crippen molar-refractivity contribution in [3.8, 4) is 5.75 Å². The van der Waals surface area contributed by atoms with Crippen molar-refractivity contribution in [1.29, 1.82) is 0 Å². The lowest BCUT2D eigenvalue weighted by Crippen LogP contribution is -2.52. The van der Waals surface area contributed by atoms with Gasteiger partial charge in [0.25, 0.3) is 0 Å². The van der Waals surface area contributed by atoms with Crippen molar-refractivity contribution >= 4 is 22.6 Å². The third-order valence-electron chi connectivity index (χ3n) is 5.58. The molecule has 1 aliphatic heterocycles. The minimum Gasteiger partial charge on any atom is -0.497 e. The maximum Gasteiger partial charge on any atom is 0.320 e. The van der Waals surface area contributed by atoms with Gasteiger partial charge in [0, 0.05) is 30.5 Å². The Kier molecular flexibility index (Phi) is 6.53. The van der Waals surface area contributed by atoms with Gasteiger partial charge < -0.3 is 19.9 Å². The molecule has 3 aromatic rings. The Morgan fingerprint density at radius 2 is 2.10 bits per heavy atom. The lowest BCUT2D eigenvalue weighted by atomic mass is 9.76. The Morgan fingerprint density at radius 3 is 2.74 bits per heavy atom. The first kappa shape index (κ1) is 21.3. The highest BCUT2D eigenvalue weighted by Crippen LogP contribution is 2.36. The predicted molar refractivity (Wildman–Crippen MR) is 120 cm³/mol. The molecule has 1 aromatic carbocycles. The molecule has 0 bridgehead atoms. The van der Waals surface area contributed by atoms with Gasteiger partial charge >= 0.3 is 6.03 Å². The van der Waals surface area contributed by atoms with Crippen molar-refractivity contribution in [3.05, 3.63) is 59.1 Å². The largest absolute Gasteiger partial charge is 0.497 e. The summed E-state index contributed by atoms with van der Waals surface area (Å²) in [6.45, 7) is 5.39. The molecular formula is C22H27N5O3S. The number of carbonyl (C=O) groups is 1. The molecule has 164 valence electrons. The summed E-state index contributed by atoms with van der Waals surface area (Å²) in [5.74, 6) is 1.63. The summed E-state index contributed by atoms with van der Waals surface area (Å²) in [5.41, 5.74) is 2.86. The third-order valence-corrected chi connectivity index (χ3v) is 6.37. The van der Waals surface area contributed by atoms with Crippen molar-refractivity contribution in [1.82, 2.24) is 20.2 Å². The van der Waals surface area contributed by atoms with Crippen LogP contribution in [0.4, 0.5) is 9.80 Å². The van der Waals surface area contributed by atoms with E-state index in [-0.39, 0.29) is 23.9 Å². The normalized spacial score (nSPS) is 19.6. The topological polar surface area (TPSA) is 101 Å². The number of aromatic nitrogens is 2. The van der Waals surface area contributed by atoms with Gasteiger partial charge in [0.15, 0.2) is 0 Å². The van der Waals surface area contributed by atoms with E-state index in [1.807, 2.05) is 38.1 Å². The first-order valence-electron chi connectivity index (χ1n) is 10.3. The second kappa shape index (κ2) is 9.49. The number of methoxy groups -OCH3 is 1. The molecule has 8 nitrogen and oxygen atoms in total. The van der Waals surface area contributed by atoms with E-state index in [9.17, 15) is 4.79 Å². The summed E-state index contributed by atoms with van der Waals surface area (Å²) in [6, 6.07) is 11.6. The van der Waals surface area contributed by atoms with Gasteiger partial charge in [0.2, 0.25) is 0 Å². The van der Waals surface area contributed by atoms with Crippen LogP contribution in [0.25, 0.3) is 0 Å². The number of amides is 2. The Balaban J connectivity index is 1.59. The number of aryl methyl sites for hydroxylation is 2. The van der Waals surface area contributed by atoms with E-state index in [1.54, 1.807) is 7.11 Å². The fourth-order valence-corrected chi connectivity index (χ4v) is 4.79. The summed E-state index contributed by atoms with van der Waals surface area (Å²) in [5, 5.41) is 14.6. The van der Waals surface area contributed by atoms with E-state index in [2.05, 4.69) is 37.6 Å². The maximum absolute atomic E-state index is 12.7. The molecule has 0 radical (unpaired) electrons. The van der Waals surface area contributed by atoms with Crippen LogP contribution in [-0.2, 0) is 0 Å². The molecule has 2 amide bonds. The number of rotatable bonds is 6. The van der Waals surface area contributed by atoms with Gasteiger partial charge in [-0.15, -0.1) is 0 Å². The zero-order chi connectivity index (χ0) is 21.8. The van der Waals surface area contributed by atoms with E-state index in [4.69, 9.17) is 9.26 Å². The van der Waals surface area contributed by atoms with E-state index < -0.39 is 0 Å². The Bertz CT molecular complexity index is 1020. The summed E-state index contributed by atoms with van der Waals surface area (Å²) < 4.78 is 14.9. The van der Waals surface area contributed by atoms with Crippen molar-refractivity contribution < 1.29 is 14.1 Å². The summed E-state index contributed by atoms with van der Waals surface area (Å²) in [7, 11) is 1.65. The number of piperidine rings is 1. The molecule has 3 heterocycles.